The van der Waals surface area contributed by atoms with Crippen LogP contribution in [-0.2, 0) is 11.8 Å². The molecule has 0 saturated carbocycles. The number of rotatable bonds is 6. The van der Waals surface area contributed by atoms with E-state index in [0.29, 0.717) is 0 Å². The standard InChI is InChI=1S/C30H33NS2/c1-6-30(4,5)28-20(2)16-26(33-28)18-25-19-31-29(32)27(21(25)3)24-14-12-23(13-15-24)17-22-10-8-7-9-11-22/h7-16,18,27H,3,6,17,19H2,1-2,4-5H3,(H,31,32)/b25-18+. The number of thiocarbonyl (C=S) groups is 1. The highest BCUT2D eigenvalue weighted by molar-refractivity contribution is 7.80. The lowest BCUT2D eigenvalue weighted by atomic mass is 9.83. The number of hydrogen-bond donors (Lipinski definition) is 1. The smallest absolute Gasteiger partial charge is 0.0876 e. The maximum Gasteiger partial charge on any atom is 0.0876 e. The number of hydrogen-bond acceptors (Lipinski definition) is 2. The molecule has 1 aliphatic heterocycles. The Hall–Kier alpha value is -2.49. The van der Waals surface area contributed by atoms with Crippen molar-refractivity contribution in [3.8, 4) is 0 Å². The predicted octanol–water partition coefficient (Wildman–Crippen LogP) is 7.99. The molecule has 2 aromatic carbocycles. The zero-order valence-corrected chi connectivity index (χ0v) is 21.7. The zero-order chi connectivity index (χ0) is 23.6. The van der Waals surface area contributed by atoms with Crippen molar-refractivity contribution in [1.82, 2.24) is 5.32 Å². The minimum Gasteiger partial charge on any atom is -0.375 e. The Morgan fingerprint density at radius 2 is 1.76 bits per heavy atom. The molecule has 4 rings (SSSR count). The van der Waals surface area contributed by atoms with E-state index in [0.717, 1.165) is 29.9 Å². The van der Waals surface area contributed by atoms with Crippen LogP contribution in [0.3, 0.4) is 0 Å². The number of aryl methyl sites for hydroxylation is 1. The van der Waals surface area contributed by atoms with E-state index < -0.39 is 0 Å². The second-order valence-electron chi connectivity index (χ2n) is 9.65. The molecule has 0 spiro atoms. The highest BCUT2D eigenvalue weighted by Crippen LogP contribution is 2.39. The van der Waals surface area contributed by atoms with Gasteiger partial charge in [0, 0.05) is 16.3 Å². The summed E-state index contributed by atoms with van der Waals surface area (Å²) in [7, 11) is 0. The molecule has 1 aromatic heterocycles. The van der Waals surface area contributed by atoms with Gasteiger partial charge in [-0.1, -0.05) is 94.2 Å². The first-order chi connectivity index (χ1) is 15.8. The molecular weight excluding hydrogens is 438 g/mol. The van der Waals surface area contributed by atoms with Crippen LogP contribution in [0, 0.1) is 6.92 Å². The maximum atomic E-state index is 5.73. The van der Waals surface area contributed by atoms with Gasteiger partial charge in [0.2, 0.25) is 0 Å². The summed E-state index contributed by atoms with van der Waals surface area (Å²) in [5.74, 6) is 0.0263. The Bertz CT molecular complexity index is 1180. The van der Waals surface area contributed by atoms with Crippen LogP contribution in [0.15, 0.2) is 78.4 Å². The van der Waals surface area contributed by atoms with Gasteiger partial charge in [0.15, 0.2) is 0 Å². The summed E-state index contributed by atoms with van der Waals surface area (Å²) in [5.41, 5.74) is 7.77. The molecule has 3 heteroatoms. The molecular formula is C30H33NS2. The normalized spacial score (nSPS) is 17.9. The Labute approximate surface area is 208 Å². The van der Waals surface area contributed by atoms with Gasteiger partial charge in [-0.25, -0.2) is 0 Å². The molecule has 2 heterocycles. The van der Waals surface area contributed by atoms with E-state index in [2.05, 4.69) is 106 Å². The number of benzene rings is 2. The molecule has 1 atom stereocenters. The molecule has 0 amide bonds. The topological polar surface area (TPSA) is 12.0 Å². The van der Waals surface area contributed by atoms with Crippen molar-refractivity contribution < 1.29 is 0 Å². The fourth-order valence-electron chi connectivity index (χ4n) is 4.48. The third-order valence-corrected chi connectivity index (χ3v) is 8.72. The van der Waals surface area contributed by atoms with Crippen LogP contribution < -0.4 is 5.32 Å². The molecule has 0 aliphatic carbocycles. The van der Waals surface area contributed by atoms with E-state index in [-0.39, 0.29) is 11.3 Å². The summed E-state index contributed by atoms with van der Waals surface area (Å²) in [6, 6.07) is 21.8. The number of thiophene rings is 1. The van der Waals surface area contributed by atoms with Crippen LogP contribution in [0.1, 0.15) is 65.1 Å². The lowest BCUT2D eigenvalue weighted by Crippen LogP contribution is -2.36. The molecule has 1 aliphatic rings. The summed E-state index contributed by atoms with van der Waals surface area (Å²) < 4.78 is 0. The minimum atomic E-state index is 0.0263. The van der Waals surface area contributed by atoms with E-state index >= 15 is 0 Å². The van der Waals surface area contributed by atoms with Gasteiger partial charge in [0.25, 0.3) is 0 Å². The molecule has 33 heavy (non-hydrogen) atoms. The van der Waals surface area contributed by atoms with Crippen molar-refractivity contribution in [2.45, 2.75) is 51.9 Å². The maximum absolute atomic E-state index is 5.73. The van der Waals surface area contributed by atoms with Crippen LogP contribution in [0.2, 0.25) is 0 Å². The molecule has 0 radical (unpaired) electrons. The fraction of sp³-hybridized carbons (Fsp3) is 0.300. The van der Waals surface area contributed by atoms with Crippen LogP contribution in [0.5, 0.6) is 0 Å². The van der Waals surface area contributed by atoms with Gasteiger partial charge in [-0.3, -0.25) is 0 Å². The van der Waals surface area contributed by atoms with E-state index in [1.165, 1.54) is 37.6 Å². The molecule has 3 aromatic rings. The molecule has 1 nitrogen and oxygen atoms in total. The summed E-state index contributed by atoms with van der Waals surface area (Å²) in [5, 5.41) is 3.46. The molecule has 1 unspecified atom stereocenters. The van der Waals surface area contributed by atoms with Crippen LogP contribution in [0.25, 0.3) is 6.08 Å². The van der Waals surface area contributed by atoms with Gasteiger partial charge >= 0.3 is 0 Å². The van der Waals surface area contributed by atoms with Gasteiger partial charge in [0.05, 0.1) is 10.9 Å². The third-order valence-electron chi connectivity index (χ3n) is 6.79. The highest BCUT2D eigenvalue weighted by atomic mass is 32.1. The average molecular weight is 472 g/mol. The first kappa shape index (κ1) is 23.7. The number of nitrogens with one attached hydrogen (secondary N) is 1. The summed E-state index contributed by atoms with van der Waals surface area (Å²) in [4.78, 5) is 3.64. The highest BCUT2D eigenvalue weighted by Gasteiger charge is 2.28. The Morgan fingerprint density at radius 1 is 1.09 bits per heavy atom. The molecule has 0 bridgehead atoms. The van der Waals surface area contributed by atoms with E-state index in [1.807, 2.05) is 11.3 Å². The second kappa shape index (κ2) is 9.79. The van der Waals surface area contributed by atoms with Crippen molar-refractivity contribution in [2.75, 3.05) is 6.54 Å². The van der Waals surface area contributed by atoms with Crippen molar-refractivity contribution in [2.24, 2.45) is 0 Å². The first-order valence-electron chi connectivity index (χ1n) is 11.7. The second-order valence-corrected chi connectivity index (χ2v) is 11.2. The van der Waals surface area contributed by atoms with E-state index in [9.17, 15) is 0 Å². The van der Waals surface area contributed by atoms with Crippen LogP contribution >= 0.6 is 23.6 Å². The van der Waals surface area contributed by atoms with Crippen molar-refractivity contribution in [1.29, 1.82) is 0 Å². The zero-order valence-electron chi connectivity index (χ0n) is 20.1. The Balaban J connectivity index is 1.56. The van der Waals surface area contributed by atoms with Crippen molar-refractivity contribution in [3.63, 3.8) is 0 Å². The van der Waals surface area contributed by atoms with Gasteiger partial charge in [0.1, 0.15) is 0 Å². The molecule has 1 N–H and O–H groups in total. The quantitative estimate of drug-likeness (QED) is 0.366. The Morgan fingerprint density at radius 3 is 2.42 bits per heavy atom. The van der Waals surface area contributed by atoms with Crippen LogP contribution in [0.4, 0.5) is 0 Å². The molecule has 1 saturated heterocycles. The average Bonchev–Trinajstić information content (AvgIpc) is 3.18. The predicted molar refractivity (Wildman–Crippen MR) is 149 cm³/mol. The SMILES string of the molecule is C=C1/C(=C/c2cc(C)c(C(C)(C)CC)s2)CNC(=S)C1c1ccc(Cc2ccccc2)cc1. The minimum absolute atomic E-state index is 0.0263. The lowest BCUT2D eigenvalue weighted by molar-refractivity contribution is 0.514. The van der Waals surface area contributed by atoms with Gasteiger partial charge in [-0.05, 0) is 70.7 Å². The number of piperidine rings is 1. The summed E-state index contributed by atoms with van der Waals surface area (Å²) >= 11 is 7.64. The lowest BCUT2D eigenvalue weighted by Gasteiger charge is -2.30. The Kier molecular flexibility index (Phi) is 7.02. The van der Waals surface area contributed by atoms with Crippen LogP contribution in [-0.4, -0.2) is 11.5 Å². The van der Waals surface area contributed by atoms with E-state index in [4.69, 9.17) is 12.2 Å². The van der Waals surface area contributed by atoms with Gasteiger partial charge in [-0.2, -0.15) is 0 Å². The van der Waals surface area contributed by atoms with E-state index in [1.54, 1.807) is 0 Å². The third kappa shape index (κ3) is 5.20. The largest absolute Gasteiger partial charge is 0.375 e. The van der Waals surface area contributed by atoms with Gasteiger partial charge < -0.3 is 5.32 Å². The molecule has 170 valence electrons. The van der Waals surface area contributed by atoms with Crippen molar-refractivity contribution in [3.05, 3.63) is 110 Å². The molecule has 1 fully saturated rings. The van der Waals surface area contributed by atoms with Gasteiger partial charge in [-0.15, -0.1) is 11.3 Å². The fourth-order valence-corrected chi connectivity index (χ4v) is 6.14. The first-order valence-corrected chi connectivity index (χ1v) is 12.9. The summed E-state index contributed by atoms with van der Waals surface area (Å²) in [6.45, 7) is 14.4. The monoisotopic (exact) mass is 471 g/mol. The van der Waals surface area contributed by atoms with Crippen molar-refractivity contribution >= 4 is 34.6 Å². The summed E-state index contributed by atoms with van der Waals surface area (Å²) in [6.07, 6.45) is 4.38.